The first kappa shape index (κ1) is 12.9. The van der Waals surface area contributed by atoms with Gasteiger partial charge in [-0.15, -0.1) is 0 Å². The number of hydrogen-bond acceptors (Lipinski definition) is 3. The average Bonchev–Trinajstić information content (AvgIpc) is 3.19. The van der Waals surface area contributed by atoms with Crippen LogP contribution in [0, 0.1) is 11.8 Å². The minimum absolute atomic E-state index is 0.0390. The molecule has 1 N–H and O–H groups in total. The first-order chi connectivity index (χ1) is 8.63. The maximum Gasteiger partial charge on any atom is 0.410 e. The van der Waals surface area contributed by atoms with E-state index in [-0.39, 0.29) is 24.7 Å². The van der Waals surface area contributed by atoms with Crippen LogP contribution >= 0.6 is 0 Å². The van der Waals surface area contributed by atoms with Gasteiger partial charge in [-0.25, -0.2) is 4.79 Å². The molecule has 0 aromatic rings. The van der Waals surface area contributed by atoms with E-state index in [1.807, 2.05) is 0 Å². The van der Waals surface area contributed by atoms with E-state index in [0.29, 0.717) is 25.3 Å². The largest absolute Gasteiger partial charge is 0.481 e. The Hall–Kier alpha value is -1.52. The molecule has 1 aliphatic carbocycles. The number of piperidine rings is 1. The molecular weight excluding hydrogens is 234 g/mol. The number of likely N-dealkylation sites (tertiary alicyclic amines) is 1. The molecule has 2 fully saturated rings. The minimum Gasteiger partial charge on any atom is -0.481 e. The summed E-state index contributed by atoms with van der Waals surface area (Å²) in [4.78, 5) is 24.6. The summed E-state index contributed by atoms with van der Waals surface area (Å²) in [5.74, 6) is -0.609. The molecule has 1 saturated carbocycles. The number of carboxylic acid groups (broad SMARTS) is 1. The van der Waals surface area contributed by atoms with Gasteiger partial charge in [0, 0.05) is 12.6 Å². The Labute approximate surface area is 106 Å². The first-order valence-electron chi connectivity index (χ1n) is 6.40. The third-order valence-electron chi connectivity index (χ3n) is 3.72. The fraction of sp³-hybridized carbons (Fsp3) is 0.692. The molecule has 5 nitrogen and oxygen atoms in total. The Kier molecular flexibility index (Phi) is 3.89. The number of rotatable bonds is 4. The molecule has 1 saturated heterocycles. The molecule has 1 heterocycles. The van der Waals surface area contributed by atoms with Gasteiger partial charge in [-0.3, -0.25) is 4.79 Å². The van der Waals surface area contributed by atoms with Crippen molar-refractivity contribution in [2.45, 2.75) is 31.7 Å². The molecule has 18 heavy (non-hydrogen) atoms. The van der Waals surface area contributed by atoms with Crippen molar-refractivity contribution >= 4 is 12.1 Å². The number of carbonyl (C=O) groups is 2. The van der Waals surface area contributed by atoms with Gasteiger partial charge < -0.3 is 14.7 Å². The van der Waals surface area contributed by atoms with Crippen LogP contribution in [0.25, 0.3) is 0 Å². The quantitative estimate of drug-likeness (QED) is 0.777. The van der Waals surface area contributed by atoms with E-state index in [4.69, 9.17) is 9.84 Å². The summed E-state index contributed by atoms with van der Waals surface area (Å²) < 4.78 is 5.06. The highest BCUT2D eigenvalue weighted by atomic mass is 16.6. The van der Waals surface area contributed by atoms with Gasteiger partial charge in [-0.1, -0.05) is 12.7 Å². The molecule has 0 aromatic heterocycles. The molecule has 1 aliphatic heterocycles. The second-order valence-electron chi connectivity index (χ2n) is 5.02. The summed E-state index contributed by atoms with van der Waals surface area (Å²) in [7, 11) is 0. The monoisotopic (exact) mass is 253 g/mol. The number of ether oxygens (including phenoxy) is 1. The van der Waals surface area contributed by atoms with Gasteiger partial charge in [0.2, 0.25) is 0 Å². The number of aliphatic carboxylic acids is 1. The van der Waals surface area contributed by atoms with E-state index in [1.54, 1.807) is 4.90 Å². The smallest absolute Gasteiger partial charge is 0.410 e. The van der Waals surface area contributed by atoms with Crippen molar-refractivity contribution < 1.29 is 19.4 Å². The molecule has 100 valence electrons. The third-order valence-corrected chi connectivity index (χ3v) is 3.72. The highest BCUT2D eigenvalue weighted by Gasteiger charge is 2.43. The predicted molar refractivity (Wildman–Crippen MR) is 65.1 cm³/mol. The SMILES string of the molecule is C=CCOC(=O)N1CCC(C(=O)O)CC1C1CC1. The van der Waals surface area contributed by atoms with Gasteiger partial charge in [0.1, 0.15) is 6.61 Å². The summed E-state index contributed by atoms with van der Waals surface area (Å²) in [6.07, 6.45) is 4.44. The molecule has 2 rings (SSSR count). The zero-order valence-electron chi connectivity index (χ0n) is 10.4. The van der Waals surface area contributed by atoms with Crippen molar-refractivity contribution in [1.29, 1.82) is 0 Å². The highest BCUT2D eigenvalue weighted by molar-refractivity contribution is 5.72. The van der Waals surface area contributed by atoms with Crippen LogP contribution in [0.2, 0.25) is 0 Å². The van der Waals surface area contributed by atoms with E-state index >= 15 is 0 Å². The van der Waals surface area contributed by atoms with Crippen LogP contribution in [0.4, 0.5) is 4.79 Å². The number of amides is 1. The lowest BCUT2D eigenvalue weighted by Crippen LogP contribution is -2.48. The zero-order valence-corrected chi connectivity index (χ0v) is 10.4. The maximum atomic E-state index is 11.9. The standard InChI is InChI=1S/C13H19NO4/c1-2-7-18-13(17)14-6-5-10(12(15)16)8-11(14)9-3-4-9/h2,9-11H,1,3-8H2,(H,15,16). The van der Waals surface area contributed by atoms with Crippen molar-refractivity contribution in [3.05, 3.63) is 12.7 Å². The third kappa shape index (κ3) is 2.83. The van der Waals surface area contributed by atoms with Crippen molar-refractivity contribution in [2.75, 3.05) is 13.2 Å². The Bertz CT molecular complexity index is 351. The molecule has 2 aliphatic rings. The molecule has 5 heteroatoms. The van der Waals surface area contributed by atoms with E-state index in [9.17, 15) is 9.59 Å². The van der Waals surface area contributed by atoms with Gasteiger partial charge in [-0.2, -0.15) is 0 Å². The topological polar surface area (TPSA) is 66.8 Å². The van der Waals surface area contributed by atoms with Crippen LogP contribution in [0.3, 0.4) is 0 Å². The highest BCUT2D eigenvalue weighted by Crippen LogP contribution is 2.41. The number of hydrogen-bond donors (Lipinski definition) is 1. The molecule has 2 atom stereocenters. The van der Waals surface area contributed by atoms with E-state index in [0.717, 1.165) is 12.8 Å². The van der Waals surface area contributed by atoms with Crippen molar-refractivity contribution in [2.24, 2.45) is 11.8 Å². The maximum absolute atomic E-state index is 11.9. The Morgan fingerprint density at radius 3 is 2.67 bits per heavy atom. The lowest BCUT2D eigenvalue weighted by atomic mass is 9.89. The van der Waals surface area contributed by atoms with Crippen molar-refractivity contribution in [1.82, 2.24) is 4.90 Å². The summed E-state index contributed by atoms with van der Waals surface area (Å²) in [5.41, 5.74) is 0. The molecule has 2 unspecified atom stereocenters. The fourth-order valence-corrected chi connectivity index (χ4v) is 2.59. The Morgan fingerprint density at radius 1 is 1.39 bits per heavy atom. The van der Waals surface area contributed by atoms with Crippen LogP contribution in [0.1, 0.15) is 25.7 Å². The number of nitrogens with zero attached hydrogens (tertiary/aromatic N) is 1. The molecule has 0 aromatic carbocycles. The van der Waals surface area contributed by atoms with Crippen LogP contribution in [0.15, 0.2) is 12.7 Å². The summed E-state index contributed by atoms with van der Waals surface area (Å²) >= 11 is 0. The van der Waals surface area contributed by atoms with E-state index in [1.165, 1.54) is 6.08 Å². The van der Waals surface area contributed by atoms with Crippen LogP contribution in [-0.4, -0.2) is 41.3 Å². The van der Waals surface area contributed by atoms with Crippen molar-refractivity contribution in [3.8, 4) is 0 Å². The van der Waals surface area contributed by atoms with Crippen LogP contribution in [0.5, 0.6) is 0 Å². The molecule has 0 bridgehead atoms. The lowest BCUT2D eigenvalue weighted by molar-refractivity contribution is -0.144. The van der Waals surface area contributed by atoms with Crippen molar-refractivity contribution in [3.63, 3.8) is 0 Å². The van der Waals surface area contributed by atoms with Gasteiger partial charge in [0.05, 0.1) is 5.92 Å². The summed E-state index contributed by atoms with van der Waals surface area (Å²) in [5, 5.41) is 9.08. The zero-order chi connectivity index (χ0) is 13.1. The molecule has 0 radical (unpaired) electrons. The van der Waals surface area contributed by atoms with Gasteiger partial charge in [-0.05, 0) is 31.6 Å². The van der Waals surface area contributed by atoms with E-state index < -0.39 is 5.97 Å². The first-order valence-corrected chi connectivity index (χ1v) is 6.40. The predicted octanol–water partition coefficient (Wildman–Crippen LogP) is 1.88. The summed E-state index contributed by atoms with van der Waals surface area (Å²) in [6.45, 7) is 4.19. The van der Waals surface area contributed by atoms with Gasteiger partial charge >= 0.3 is 12.1 Å². The Balaban J connectivity index is 1.99. The minimum atomic E-state index is -0.750. The van der Waals surface area contributed by atoms with E-state index in [2.05, 4.69) is 6.58 Å². The molecule has 0 spiro atoms. The van der Waals surface area contributed by atoms with Crippen LogP contribution in [-0.2, 0) is 9.53 Å². The number of carboxylic acids is 1. The second kappa shape index (κ2) is 5.42. The van der Waals surface area contributed by atoms with Gasteiger partial charge in [0.15, 0.2) is 0 Å². The molecular formula is C13H19NO4. The molecule has 1 amide bonds. The summed E-state index contributed by atoms with van der Waals surface area (Å²) in [6, 6.07) is 0.0390. The van der Waals surface area contributed by atoms with Gasteiger partial charge in [0.25, 0.3) is 0 Å². The second-order valence-corrected chi connectivity index (χ2v) is 5.02. The average molecular weight is 253 g/mol. The van der Waals surface area contributed by atoms with Crippen LogP contribution < -0.4 is 0 Å². The lowest BCUT2D eigenvalue weighted by Gasteiger charge is -2.37. The normalized spacial score (nSPS) is 27.7. The fourth-order valence-electron chi connectivity index (χ4n) is 2.59. The number of carbonyl (C=O) groups excluding carboxylic acids is 1. The Morgan fingerprint density at radius 2 is 2.11 bits per heavy atom.